The molecule has 1 unspecified atom stereocenters. The van der Waals surface area contributed by atoms with Crippen LogP contribution in [0.3, 0.4) is 0 Å². The second-order valence-corrected chi connectivity index (χ2v) is 7.30. The Kier molecular flexibility index (Phi) is 3.78. The summed E-state index contributed by atoms with van der Waals surface area (Å²) in [6.07, 6.45) is 1.95. The van der Waals surface area contributed by atoms with Gasteiger partial charge in [0, 0.05) is 12.6 Å². The smallest absolute Gasteiger partial charge is 0.254 e. The van der Waals surface area contributed by atoms with Gasteiger partial charge in [0.15, 0.2) is 17.6 Å². The number of carbonyl (C=O) groups is 1. The molecule has 0 saturated carbocycles. The van der Waals surface area contributed by atoms with Crippen molar-refractivity contribution in [1.29, 1.82) is 0 Å². The maximum Gasteiger partial charge on any atom is 0.254 e. The van der Waals surface area contributed by atoms with E-state index in [1.165, 1.54) is 16.5 Å². The van der Waals surface area contributed by atoms with Crippen LogP contribution in [0.4, 0.5) is 0 Å². The summed E-state index contributed by atoms with van der Waals surface area (Å²) in [7, 11) is 1.83. The van der Waals surface area contributed by atoms with Crippen molar-refractivity contribution in [2.45, 2.75) is 18.9 Å². The van der Waals surface area contributed by atoms with Gasteiger partial charge in [-0.05, 0) is 52.9 Å². The Morgan fingerprint density at radius 1 is 1.00 bits per heavy atom. The zero-order chi connectivity index (χ0) is 18.4. The molecule has 0 radical (unpaired) electrons. The van der Waals surface area contributed by atoms with E-state index in [0.717, 1.165) is 35.3 Å². The van der Waals surface area contributed by atoms with E-state index in [1.54, 1.807) is 4.90 Å². The zero-order valence-electron chi connectivity index (χ0n) is 15.3. The molecule has 1 atom stereocenters. The quantitative estimate of drug-likeness (QED) is 0.713. The van der Waals surface area contributed by atoms with Crippen LogP contribution in [0, 0.1) is 0 Å². The van der Waals surface area contributed by atoms with E-state index in [4.69, 9.17) is 9.47 Å². The summed E-state index contributed by atoms with van der Waals surface area (Å²) in [6.45, 7) is 0.925. The number of amides is 1. The molecule has 4 nitrogen and oxygen atoms in total. The minimum absolute atomic E-state index is 0.0214. The summed E-state index contributed by atoms with van der Waals surface area (Å²) in [5.41, 5.74) is 3.46. The first kappa shape index (κ1) is 16.2. The summed E-state index contributed by atoms with van der Waals surface area (Å²) in [5.74, 6) is 1.52. The van der Waals surface area contributed by atoms with Gasteiger partial charge in [-0.25, -0.2) is 0 Å². The molecule has 2 aliphatic rings. The molecule has 0 bridgehead atoms. The molecule has 0 spiro atoms. The van der Waals surface area contributed by atoms with Crippen LogP contribution in [0.15, 0.2) is 54.6 Å². The summed E-state index contributed by atoms with van der Waals surface area (Å²) in [6, 6.07) is 18.0. The Balaban J connectivity index is 1.38. The van der Waals surface area contributed by atoms with E-state index in [-0.39, 0.29) is 12.0 Å². The van der Waals surface area contributed by atoms with Gasteiger partial charge in [0.1, 0.15) is 6.61 Å². The molecule has 1 aliphatic carbocycles. The topological polar surface area (TPSA) is 38.8 Å². The van der Waals surface area contributed by atoms with Crippen LogP contribution in [-0.2, 0) is 12.8 Å². The molecule has 1 aliphatic heterocycles. The lowest BCUT2D eigenvalue weighted by Crippen LogP contribution is -2.41. The molecule has 0 aromatic heterocycles. The SMILES string of the molecule is CN(CC1COc2ccccc2O1)C(=O)c1ccc2c3c(cccc13)CC2. The molecule has 3 aromatic carbocycles. The summed E-state index contributed by atoms with van der Waals surface area (Å²) < 4.78 is 11.8. The number of para-hydroxylation sites is 2. The van der Waals surface area contributed by atoms with Crippen LogP contribution >= 0.6 is 0 Å². The minimum Gasteiger partial charge on any atom is -0.486 e. The number of aryl methyl sites for hydroxylation is 2. The van der Waals surface area contributed by atoms with Gasteiger partial charge in [-0.2, -0.15) is 0 Å². The molecule has 1 heterocycles. The number of benzene rings is 3. The predicted molar refractivity (Wildman–Crippen MR) is 105 cm³/mol. The molecule has 5 rings (SSSR count). The Morgan fingerprint density at radius 2 is 1.78 bits per heavy atom. The average Bonchev–Trinajstić information content (AvgIpc) is 3.13. The van der Waals surface area contributed by atoms with Crippen molar-refractivity contribution in [2.75, 3.05) is 20.2 Å². The van der Waals surface area contributed by atoms with E-state index in [1.807, 2.05) is 37.4 Å². The highest BCUT2D eigenvalue weighted by atomic mass is 16.6. The summed E-state index contributed by atoms with van der Waals surface area (Å²) in [4.78, 5) is 14.9. The number of hydrogen-bond acceptors (Lipinski definition) is 3. The Labute approximate surface area is 158 Å². The lowest BCUT2D eigenvalue weighted by atomic mass is 9.99. The van der Waals surface area contributed by atoms with Gasteiger partial charge in [-0.15, -0.1) is 0 Å². The number of ether oxygens (including phenoxy) is 2. The van der Waals surface area contributed by atoms with Gasteiger partial charge < -0.3 is 14.4 Å². The zero-order valence-corrected chi connectivity index (χ0v) is 15.3. The second kappa shape index (κ2) is 6.31. The van der Waals surface area contributed by atoms with Crippen LogP contribution in [0.25, 0.3) is 10.8 Å². The number of hydrogen-bond donors (Lipinski definition) is 0. The molecule has 4 heteroatoms. The van der Waals surface area contributed by atoms with Crippen molar-refractivity contribution in [1.82, 2.24) is 4.90 Å². The van der Waals surface area contributed by atoms with E-state index in [9.17, 15) is 4.79 Å². The molecule has 0 fully saturated rings. The van der Waals surface area contributed by atoms with E-state index < -0.39 is 0 Å². The van der Waals surface area contributed by atoms with Crippen molar-refractivity contribution in [3.63, 3.8) is 0 Å². The summed E-state index contributed by atoms with van der Waals surface area (Å²) in [5, 5.41) is 2.33. The van der Waals surface area contributed by atoms with Crippen molar-refractivity contribution in [3.05, 3.63) is 71.3 Å². The molecule has 3 aromatic rings. The number of carbonyl (C=O) groups excluding carboxylic acids is 1. The molecule has 136 valence electrons. The van der Waals surface area contributed by atoms with E-state index in [0.29, 0.717) is 13.2 Å². The standard InChI is InChI=1S/C23H21NO3/c1-24(13-17-14-26-20-7-2-3-8-21(20)27-17)23(25)19-12-11-16-10-9-15-5-4-6-18(19)22(15)16/h2-8,11-12,17H,9-10,13-14H2,1H3. The highest BCUT2D eigenvalue weighted by molar-refractivity contribution is 6.09. The van der Waals surface area contributed by atoms with E-state index >= 15 is 0 Å². The third-order valence-electron chi connectivity index (χ3n) is 5.50. The normalized spacial score (nSPS) is 17.1. The van der Waals surface area contributed by atoms with Crippen LogP contribution in [-0.4, -0.2) is 37.1 Å². The number of nitrogens with zero attached hydrogens (tertiary/aromatic N) is 1. The van der Waals surface area contributed by atoms with Gasteiger partial charge >= 0.3 is 0 Å². The van der Waals surface area contributed by atoms with Gasteiger partial charge in [-0.3, -0.25) is 4.79 Å². The lowest BCUT2D eigenvalue weighted by molar-refractivity contribution is 0.0522. The highest BCUT2D eigenvalue weighted by Gasteiger charge is 2.26. The highest BCUT2D eigenvalue weighted by Crippen LogP contribution is 2.34. The third-order valence-corrected chi connectivity index (χ3v) is 5.50. The first-order valence-electron chi connectivity index (χ1n) is 9.38. The molecule has 1 amide bonds. The van der Waals surface area contributed by atoms with Crippen molar-refractivity contribution >= 4 is 16.7 Å². The lowest BCUT2D eigenvalue weighted by Gasteiger charge is -2.29. The predicted octanol–water partition coefficient (Wildman–Crippen LogP) is 3.85. The first-order valence-corrected chi connectivity index (χ1v) is 9.38. The van der Waals surface area contributed by atoms with Gasteiger partial charge in [-0.1, -0.05) is 36.4 Å². The largest absolute Gasteiger partial charge is 0.486 e. The second-order valence-electron chi connectivity index (χ2n) is 7.30. The fraction of sp³-hybridized carbons (Fsp3) is 0.261. The Bertz CT molecular complexity index is 1030. The maximum atomic E-state index is 13.2. The number of likely N-dealkylation sites (N-methyl/N-ethyl adjacent to an activating group) is 1. The molecular weight excluding hydrogens is 338 g/mol. The van der Waals surface area contributed by atoms with Gasteiger partial charge in [0.05, 0.1) is 6.54 Å². The van der Waals surface area contributed by atoms with Crippen LogP contribution < -0.4 is 9.47 Å². The third kappa shape index (κ3) is 2.72. The van der Waals surface area contributed by atoms with Crippen LogP contribution in [0.1, 0.15) is 21.5 Å². The molecule has 0 N–H and O–H groups in total. The molecule has 0 saturated heterocycles. The molecular formula is C23H21NO3. The van der Waals surface area contributed by atoms with E-state index in [2.05, 4.69) is 24.3 Å². The Morgan fingerprint density at radius 3 is 2.63 bits per heavy atom. The van der Waals surface area contributed by atoms with Crippen molar-refractivity contribution in [2.24, 2.45) is 0 Å². The minimum atomic E-state index is -0.175. The van der Waals surface area contributed by atoms with Crippen LogP contribution in [0.5, 0.6) is 11.5 Å². The van der Waals surface area contributed by atoms with Crippen molar-refractivity contribution in [3.8, 4) is 11.5 Å². The number of fused-ring (bicyclic) bond motifs is 1. The number of rotatable bonds is 3. The fourth-order valence-electron chi connectivity index (χ4n) is 4.18. The van der Waals surface area contributed by atoms with Crippen molar-refractivity contribution < 1.29 is 14.3 Å². The van der Waals surface area contributed by atoms with Gasteiger partial charge in [0.2, 0.25) is 0 Å². The fourth-order valence-corrected chi connectivity index (χ4v) is 4.18. The van der Waals surface area contributed by atoms with Crippen LogP contribution in [0.2, 0.25) is 0 Å². The Hall–Kier alpha value is -3.01. The maximum absolute atomic E-state index is 13.2. The first-order chi connectivity index (χ1) is 13.2. The monoisotopic (exact) mass is 359 g/mol. The average molecular weight is 359 g/mol. The van der Waals surface area contributed by atoms with Gasteiger partial charge in [0.25, 0.3) is 5.91 Å². The summed E-state index contributed by atoms with van der Waals surface area (Å²) >= 11 is 0. The molecule has 27 heavy (non-hydrogen) atoms.